The lowest BCUT2D eigenvalue weighted by Gasteiger charge is -2.09. The first kappa shape index (κ1) is 19.6. The maximum Gasteiger partial charge on any atom is 0.221 e. The lowest BCUT2D eigenvalue weighted by Crippen LogP contribution is -2.14. The second kappa shape index (κ2) is 8.71. The number of aromatic amines is 1. The van der Waals surface area contributed by atoms with Crippen LogP contribution in [0.15, 0.2) is 53.7 Å². The standard InChI is InChI=1S/C20H20N4O3S/c1-12(18(26)14-4-8-16(9-5-14)21-13(2)25)28-20-22-19(23-24-20)15-6-10-17(27-3)11-7-15/h4-12H,1-3H3,(H,21,25)(H,22,23,24)/t12-/m0/s1. The van der Waals surface area contributed by atoms with Crippen LogP contribution in [0.4, 0.5) is 5.69 Å². The van der Waals surface area contributed by atoms with Gasteiger partial charge in [-0.1, -0.05) is 11.8 Å². The van der Waals surface area contributed by atoms with Gasteiger partial charge in [0.15, 0.2) is 11.6 Å². The average molecular weight is 396 g/mol. The molecule has 0 unspecified atom stereocenters. The molecule has 0 aliphatic heterocycles. The summed E-state index contributed by atoms with van der Waals surface area (Å²) in [5.41, 5.74) is 2.11. The molecule has 3 aromatic rings. The number of ether oxygens (including phenoxy) is 1. The van der Waals surface area contributed by atoms with Crippen LogP contribution in [0.3, 0.4) is 0 Å². The average Bonchev–Trinajstić information content (AvgIpc) is 3.16. The second-order valence-corrected chi connectivity index (χ2v) is 7.39. The molecule has 28 heavy (non-hydrogen) atoms. The second-order valence-electron chi connectivity index (χ2n) is 6.08. The number of anilines is 1. The molecule has 8 heteroatoms. The molecule has 0 bridgehead atoms. The fourth-order valence-electron chi connectivity index (χ4n) is 2.54. The van der Waals surface area contributed by atoms with Gasteiger partial charge in [-0.05, 0) is 55.5 Å². The number of H-pyrrole nitrogens is 1. The molecule has 1 aromatic heterocycles. The van der Waals surface area contributed by atoms with E-state index in [-0.39, 0.29) is 16.9 Å². The van der Waals surface area contributed by atoms with Crippen LogP contribution in [0, 0.1) is 0 Å². The first-order chi connectivity index (χ1) is 13.5. The van der Waals surface area contributed by atoms with Crippen LogP contribution in [0.1, 0.15) is 24.2 Å². The summed E-state index contributed by atoms with van der Waals surface area (Å²) in [6, 6.07) is 14.3. The molecule has 2 N–H and O–H groups in total. The van der Waals surface area contributed by atoms with Gasteiger partial charge in [-0.2, -0.15) is 0 Å². The minimum Gasteiger partial charge on any atom is -0.497 e. The van der Waals surface area contributed by atoms with Crippen LogP contribution in [0.2, 0.25) is 0 Å². The highest BCUT2D eigenvalue weighted by Crippen LogP contribution is 2.26. The lowest BCUT2D eigenvalue weighted by molar-refractivity contribution is -0.114. The quantitative estimate of drug-likeness (QED) is 0.466. The number of amides is 1. The van der Waals surface area contributed by atoms with Gasteiger partial charge in [0.2, 0.25) is 11.1 Å². The molecule has 0 spiro atoms. The molecule has 0 fully saturated rings. The Hall–Kier alpha value is -3.13. The Kier molecular flexibility index (Phi) is 6.10. The Labute approximate surface area is 166 Å². The number of benzene rings is 2. The molecular weight excluding hydrogens is 376 g/mol. The van der Waals surface area contributed by atoms with Crippen molar-refractivity contribution >= 4 is 29.1 Å². The molecule has 2 aromatic carbocycles. The first-order valence-corrected chi connectivity index (χ1v) is 9.49. The predicted molar refractivity (Wildman–Crippen MR) is 109 cm³/mol. The number of nitrogens with one attached hydrogen (secondary N) is 2. The minimum atomic E-state index is -0.355. The van der Waals surface area contributed by atoms with Gasteiger partial charge in [0.25, 0.3) is 0 Å². The summed E-state index contributed by atoms with van der Waals surface area (Å²) in [5, 5.41) is 9.91. The molecular formula is C20H20N4O3S. The van der Waals surface area contributed by atoms with Gasteiger partial charge in [0, 0.05) is 23.7 Å². The number of carbonyl (C=O) groups is 2. The summed E-state index contributed by atoms with van der Waals surface area (Å²) in [6.45, 7) is 3.26. The maximum atomic E-state index is 12.6. The number of thioether (sulfide) groups is 1. The van der Waals surface area contributed by atoms with E-state index >= 15 is 0 Å². The third-order valence-electron chi connectivity index (χ3n) is 3.97. The number of Topliss-reactive ketones (excluding diaryl/α,β-unsaturated/α-hetero) is 1. The summed E-state index contributed by atoms with van der Waals surface area (Å²) in [7, 11) is 1.62. The number of nitrogens with zero attached hydrogens (tertiary/aromatic N) is 2. The summed E-state index contributed by atoms with van der Waals surface area (Å²) in [4.78, 5) is 28.2. The number of hydrogen-bond donors (Lipinski definition) is 2. The van der Waals surface area contributed by atoms with Crippen LogP contribution in [0.5, 0.6) is 5.75 Å². The largest absolute Gasteiger partial charge is 0.497 e. The topological polar surface area (TPSA) is 97.0 Å². The van der Waals surface area contributed by atoms with Gasteiger partial charge in [-0.3, -0.25) is 14.7 Å². The highest BCUT2D eigenvalue weighted by molar-refractivity contribution is 8.00. The Bertz CT molecular complexity index is 968. The van der Waals surface area contributed by atoms with E-state index in [4.69, 9.17) is 4.74 Å². The van der Waals surface area contributed by atoms with E-state index in [9.17, 15) is 9.59 Å². The zero-order valence-electron chi connectivity index (χ0n) is 15.7. The highest BCUT2D eigenvalue weighted by Gasteiger charge is 2.19. The van der Waals surface area contributed by atoms with Crippen molar-refractivity contribution in [2.75, 3.05) is 12.4 Å². The molecule has 0 saturated carbocycles. The fraction of sp³-hybridized carbons (Fsp3) is 0.200. The Balaban J connectivity index is 1.65. The summed E-state index contributed by atoms with van der Waals surface area (Å²) in [5.74, 6) is 1.21. The minimum absolute atomic E-state index is 0.0322. The number of hydrogen-bond acceptors (Lipinski definition) is 6. The molecule has 7 nitrogen and oxygen atoms in total. The smallest absolute Gasteiger partial charge is 0.221 e. The molecule has 0 aliphatic carbocycles. The molecule has 1 heterocycles. The van der Waals surface area contributed by atoms with E-state index in [1.807, 2.05) is 31.2 Å². The van der Waals surface area contributed by atoms with Crippen molar-refractivity contribution in [2.45, 2.75) is 24.3 Å². The van der Waals surface area contributed by atoms with Crippen molar-refractivity contribution in [3.05, 3.63) is 54.1 Å². The maximum absolute atomic E-state index is 12.6. The van der Waals surface area contributed by atoms with Crippen LogP contribution >= 0.6 is 11.8 Å². The molecule has 1 atom stereocenters. The van der Waals surface area contributed by atoms with Gasteiger partial charge in [0.05, 0.1) is 12.4 Å². The summed E-state index contributed by atoms with van der Waals surface area (Å²) < 4.78 is 5.15. The molecule has 0 saturated heterocycles. The number of carbonyl (C=O) groups excluding carboxylic acids is 2. The normalized spacial score (nSPS) is 11.7. The van der Waals surface area contributed by atoms with Crippen LogP contribution < -0.4 is 10.1 Å². The number of aromatic nitrogens is 3. The van der Waals surface area contributed by atoms with Crippen LogP contribution in [-0.4, -0.2) is 39.2 Å². The van der Waals surface area contributed by atoms with Gasteiger partial charge in [-0.15, -0.1) is 5.10 Å². The van der Waals surface area contributed by atoms with Crippen molar-refractivity contribution in [1.29, 1.82) is 0 Å². The Morgan fingerprint density at radius 1 is 1.11 bits per heavy atom. The van der Waals surface area contributed by atoms with Gasteiger partial charge < -0.3 is 10.1 Å². The zero-order chi connectivity index (χ0) is 20.1. The van der Waals surface area contributed by atoms with Crippen LogP contribution in [-0.2, 0) is 4.79 Å². The van der Waals surface area contributed by atoms with Gasteiger partial charge >= 0.3 is 0 Å². The first-order valence-electron chi connectivity index (χ1n) is 8.61. The van der Waals surface area contributed by atoms with E-state index in [0.29, 0.717) is 22.2 Å². The van der Waals surface area contributed by atoms with E-state index in [0.717, 1.165) is 11.3 Å². The molecule has 1 amide bonds. The third-order valence-corrected chi connectivity index (χ3v) is 4.93. The molecule has 0 aliphatic rings. The summed E-state index contributed by atoms with van der Waals surface area (Å²) in [6.07, 6.45) is 0. The predicted octanol–water partition coefficient (Wildman–Crippen LogP) is 3.80. The Morgan fingerprint density at radius 3 is 2.39 bits per heavy atom. The number of rotatable bonds is 7. The monoisotopic (exact) mass is 396 g/mol. The number of ketones is 1. The third kappa shape index (κ3) is 4.77. The van der Waals surface area contributed by atoms with Crippen molar-refractivity contribution in [3.63, 3.8) is 0 Å². The lowest BCUT2D eigenvalue weighted by atomic mass is 10.1. The van der Waals surface area contributed by atoms with Crippen molar-refractivity contribution in [3.8, 4) is 17.1 Å². The van der Waals surface area contributed by atoms with Gasteiger partial charge in [-0.25, -0.2) is 4.98 Å². The van der Waals surface area contributed by atoms with E-state index in [1.165, 1.54) is 18.7 Å². The fourth-order valence-corrected chi connectivity index (χ4v) is 3.35. The van der Waals surface area contributed by atoms with Gasteiger partial charge in [0.1, 0.15) is 5.75 Å². The molecule has 0 radical (unpaired) electrons. The number of methoxy groups -OCH3 is 1. The molecule has 144 valence electrons. The van der Waals surface area contributed by atoms with Crippen molar-refractivity contribution < 1.29 is 14.3 Å². The van der Waals surface area contributed by atoms with Crippen LogP contribution in [0.25, 0.3) is 11.4 Å². The van der Waals surface area contributed by atoms with E-state index < -0.39 is 0 Å². The summed E-state index contributed by atoms with van der Waals surface area (Å²) >= 11 is 1.29. The van der Waals surface area contributed by atoms with E-state index in [1.54, 1.807) is 31.4 Å². The Morgan fingerprint density at radius 2 is 1.79 bits per heavy atom. The SMILES string of the molecule is COc1ccc(-c2nc(S[C@@H](C)C(=O)c3ccc(NC(C)=O)cc3)n[nH]2)cc1. The zero-order valence-corrected chi connectivity index (χ0v) is 16.5. The van der Waals surface area contributed by atoms with Crippen molar-refractivity contribution in [1.82, 2.24) is 15.2 Å². The van der Waals surface area contributed by atoms with Crippen molar-refractivity contribution in [2.24, 2.45) is 0 Å². The van der Waals surface area contributed by atoms with E-state index in [2.05, 4.69) is 20.5 Å². The highest BCUT2D eigenvalue weighted by atomic mass is 32.2. The molecule has 3 rings (SSSR count).